The van der Waals surface area contributed by atoms with Gasteiger partial charge in [0.05, 0.1) is 0 Å². The zero-order valence-corrected chi connectivity index (χ0v) is 9.98. The zero-order chi connectivity index (χ0) is 13.8. The molecule has 0 radical (unpaired) electrons. The van der Waals surface area contributed by atoms with Crippen LogP contribution in [0.1, 0.15) is 20.7 Å². The van der Waals surface area contributed by atoms with Crippen molar-refractivity contribution in [1.82, 2.24) is 0 Å². The van der Waals surface area contributed by atoms with Gasteiger partial charge in [-0.2, -0.15) is 4.57 Å². The molecule has 0 fully saturated rings. The Balaban J connectivity index is 2.25. The zero-order valence-electron chi connectivity index (χ0n) is 9.98. The Morgan fingerprint density at radius 2 is 1.79 bits per heavy atom. The number of Topliss-reactive ketones (excluding diaryl/α,β-unsaturated/α-hetero) is 1. The van der Waals surface area contributed by atoms with Crippen molar-refractivity contribution < 1.29 is 24.4 Å². The van der Waals surface area contributed by atoms with E-state index in [1.54, 1.807) is 29.1 Å². The number of rotatable bonds is 4. The van der Waals surface area contributed by atoms with Crippen molar-refractivity contribution >= 4 is 11.8 Å². The molecule has 2 aromatic rings. The molecule has 2 rings (SSSR count). The molecule has 0 unspecified atom stereocenters. The summed E-state index contributed by atoms with van der Waals surface area (Å²) in [6, 6.07) is 9.24. The van der Waals surface area contributed by atoms with Crippen LogP contribution in [0.25, 0.3) is 0 Å². The molecule has 1 aromatic carbocycles. The first-order valence-electron chi connectivity index (χ1n) is 5.61. The highest BCUT2D eigenvalue weighted by atomic mass is 16.4. The second-order valence-electron chi connectivity index (χ2n) is 4.01. The normalized spacial score (nSPS) is 10.1. The molecule has 0 saturated heterocycles. The second kappa shape index (κ2) is 5.30. The lowest BCUT2D eigenvalue weighted by molar-refractivity contribution is -0.683. The van der Waals surface area contributed by atoms with Gasteiger partial charge < -0.3 is 10.2 Å². The average molecular weight is 258 g/mol. The quantitative estimate of drug-likeness (QED) is 0.639. The molecule has 0 aliphatic carbocycles. The number of aromatic hydroxyl groups is 1. The van der Waals surface area contributed by atoms with E-state index in [0.29, 0.717) is 0 Å². The Morgan fingerprint density at radius 3 is 2.42 bits per heavy atom. The molecular weight excluding hydrogens is 246 g/mol. The standard InChI is InChI=1S/C14H11NO4/c16-12-5-4-10(8-11(12)14(18)19)13(17)9-15-6-2-1-3-7-15/h1-8H,9H2,(H-,16,17,18,19)/p+1. The van der Waals surface area contributed by atoms with Gasteiger partial charge in [0.2, 0.25) is 12.3 Å². The molecule has 1 heterocycles. The minimum Gasteiger partial charge on any atom is -0.507 e. The van der Waals surface area contributed by atoms with E-state index in [1.807, 2.05) is 6.07 Å². The lowest BCUT2D eigenvalue weighted by Gasteiger charge is -2.02. The van der Waals surface area contributed by atoms with Crippen LogP contribution in [-0.4, -0.2) is 22.0 Å². The number of pyridine rings is 1. The number of carboxylic acids is 1. The smallest absolute Gasteiger partial charge is 0.339 e. The monoisotopic (exact) mass is 258 g/mol. The fraction of sp³-hybridized carbons (Fsp3) is 0.0714. The maximum Gasteiger partial charge on any atom is 0.339 e. The van der Waals surface area contributed by atoms with Gasteiger partial charge in [0, 0.05) is 17.7 Å². The molecule has 5 heteroatoms. The molecule has 2 N–H and O–H groups in total. The highest BCUT2D eigenvalue weighted by molar-refractivity contribution is 5.99. The third-order valence-electron chi connectivity index (χ3n) is 2.65. The topological polar surface area (TPSA) is 78.5 Å². The first kappa shape index (κ1) is 12.8. The van der Waals surface area contributed by atoms with Gasteiger partial charge in [-0.25, -0.2) is 4.79 Å². The van der Waals surface area contributed by atoms with Gasteiger partial charge in [-0.3, -0.25) is 4.79 Å². The number of benzene rings is 1. The molecule has 0 spiro atoms. The number of hydrogen-bond acceptors (Lipinski definition) is 3. The van der Waals surface area contributed by atoms with Crippen LogP contribution in [-0.2, 0) is 6.54 Å². The molecule has 0 saturated carbocycles. The summed E-state index contributed by atoms with van der Waals surface area (Å²) in [5.41, 5.74) is -0.0181. The summed E-state index contributed by atoms with van der Waals surface area (Å²) in [4.78, 5) is 22.9. The Morgan fingerprint density at radius 1 is 1.11 bits per heavy atom. The van der Waals surface area contributed by atoms with Crippen molar-refractivity contribution in [3.8, 4) is 5.75 Å². The lowest BCUT2D eigenvalue weighted by Crippen LogP contribution is -2.36. The van der Waals surface area contributed by atoms with E-state index in [9.17, 15) is 14.7 Å². The summed E-state index contributed by atoms with van der Waals surface area (Å²) in [5.74, 6) is -1.84. The van der Waals surface area contributed by atoms with Crippen LogP contribution in [0.15, 0.2) is 48.8 Å². The van der Waals surface area contributed by atoms with E-state index in [4.69, 9.17) is 5.11 Å². The number of aromatic nitrogens is 1. The first-order valence-corrected chi connectivity index (χ1v) is 5.61. The van der Waals surface area contributed by atoms with Gasteiger partial charge in [0.25, 0.3) is 0 Å². The van der Waals surface area contributed by atoms with Crippen LogP contribution >= 0.6 is 0 Å². The van der Waals surface area contributed by atoms with Crippen molar-refractivity contribution in [3.05, 3.63) is 59.9 Å². The van der Waals surface area contributed by atoms with Crippen molar-refractivity contribution in [3.63, 3.8) is 0 Å². The summed E-state index contributed by atoms with van der Waals surface area (Å²) in [6.07, 6.45) is 3.49. The fourth-order valence-electron chi connectivity index (χ4n) is 1.68. The van der Waals surface area contributed by atoms with Crippen LogP contribution in [0, 0.1) is 0 Å². The lowest BCUT2D eigenvalue weighted by atomic mass is 10.1. The number of hydrogen-bond donors (Lipinski definition) is 2. The van der Waals surface area contributed by atoms with Crippen LogP contribution in [0.2, 0.25) is 0 Å². The Labute approximate surface area is 109 Å². The van der Waals surface area contributed by atoms with Gasteiger partial charge in [-0.15, -0.1) is 0 Å². The molecule has 1 aromatic heterocycles. The Bertz CT molecular complexity index is 623. The highest BCUT2D eigenvalue weighted by Crippen LogP contribution is 2.18. The first-order chi connectivity index (χ1) is 9.08. The Kier molecular flexibility index (Phi) is 3.56. The molecule has 0 aliphatic rings. The van der Waals surface area contributed by atoms with Crippen LogP contribution in [0.5, 0.6) is 5.75 Å². The molecular formula is C14H12NO4+. The van der Waals surface area contributed by atoms with E-state index in [0.717, 1.165) is 0 Å². The largest absolute Gasteiger partial charge is 0.507 e. The summed E-state index contributed by atoms with van der Waals surface area (Å²) < 4.78 is 1.69. The average Bonchev–Trinajstić information content (AvgIpc) is 2.40. The number of nitrogens with zero attached hydrogens (tertiary/aromatic N) is 1. The van der Waals surface area contributed by atoms with Gasteiger partial charge in [-0.1, -0.05) is 6.07 Å². The van der Waals surface area contributed by atoms with Crippen LogP contribution < -0.4 is 4.57 Å². The van der Waals surface area contributed by atoms with E-state index in [1.165, 1.54) is 18.2 Å². The maximum atomic E-state index is 12.0. The molecule has 19 heavy (non-hydrogen) atoms. The number of phenols is 1. The predicted molar refractivity (Wildman–Crippen MR) is 66.0 cm³/mol. The maximum absolute atomic E-state index is 12.0. The molecule has 0 amide bonds. The van der Waals surface area contributed by atoms with Gasteiger partial charge in [-0.05, 0) is 18.2 Å². The Hall–Kier alpha value is -2.69. The van der Waals surface area contributed by atoms with Crippen molar-refractivity contribution in [2.75, 3.05) is 0 Å². The third kappa shape index (κ3) is 2.95. The van der Waals surface area contributed by atoms with E-state index < -0.39 is 5.97 Å². The molecule has 0 aliphatic heterocycles. The summed E-state index contributed by atoms with van der Waals surface area (Å²) in [5, 5.41) is 18.3. The van der Waals surface area contributed by atoms with Gasteiger partial charge in [0.1, 0.15) is 11.3 Å². The number of carboxylic acid groups (broad SMARTS) is 1. The SMILES string of the molecule is O=C(C[n+]1ccccc1)c1ccc(O)c(C(=O)O)c1. The molecule has 0 atom stereocenters. The highest BCUT2D eigenvalue weighted by Gasteiger charge is 2.16. The molecule has 5 nitrogen and oxygen atoms in total. The van der Waals surface area contributed by atoms with Crippen LogP contribution in [0.3, 0.4) is 0 Å². The van der Waals surface area contributed by atoms with Crippen molar-refractivity contribution in [1.29, 1.82) is 0 Å². The van der Waals surface area contributed by atoms with Crippen molar-refractivity contribution in [2.24, 2.45) is 0 Å². The number of aromatic carboxylic acids is 1. The fourth-order valence-corrected chi connectivity index (χ4v) is 1.68. The number of carbonyl (C=O) groups excluding carboxylic acids is 1. The van der Waals surface area contributed by atoms with E-state index in [2.05, 4.69) is 0 Å². The van der Waals surface area contributed by atoms with E-state index >= 15 is 0 Å². The third-order valence-corrected chi connectivity index (χ3v) is 2.65. The minimum atomic E-state index is -1.26. The van der Waals surface area contributed by atoms with Gasteiger partial charge in [0.15, 0.2) is 12.4 Å². The summed E-state index contributed by atoms with van der Waals surface area (Å²) in [6.45, 7) is 0.116. The molecule has 0 bridgehead atoms. The number of carbonyl (C=O) groups is 2. The predicted octanol–water partition coefficient (Wildman–Crippen LogP) is 1.26. The number of ketones is 1. The minimum absolute atomic E-state index is 0.116. The van der Waals surface area contributed by atoms with E-state index in [-0.39, 0.29) is 29.2 Å². The van der Waals surface area contributed by atoms with Crippen LogP contribution in [0.4, 0.5) is 0 Å². The summed E-state index contributed by atoms with van der Waals surface area (Å²) in [7, 11) is 0. The van der Waals surface area contributed by atoms with Gasteiger partial charge >= 0.3 is 5.97 Å². The second-order valence-corrected chi connectivity index (χ2v) is 4.01. The molecule has 96 valence electrons. The van der Waals surface area contributed by atoms with Crippen molar-refractivity contribution in [2.45, 2.75) is 6.54 Å². The summed E-state index contributed by atoms with van der Waals surface area (Å²) >= 11 is 0.